The summed E-state index contributed by atoms with van der Waals surface area (Å²) in [5, 5.41) is 5.88. The van der Waals surface area contributed by atoms with Gasteiger partial charge in [-0.05, 0) is 23.6 Å². The van der Waals surface area contributed by atoms with Gasteiger partial charge in [0.2, 0.25) is 17.6 Å². The summed E-state index contributed by atoms with van der Waals surface area (Å²) in [5.41, 5.74) is 0. The predicted molar refractivity (Wildman–Crippen MR) is 103 cm³/mol. The first-order chi connectivity index (χ1) is 14.1. The number of carbonyl (C=O) groups is 1. The van der Waals surface area contributed by atoms with Gasteiger partial charge in [0.25, 0.3) is 0 Å². The van der Waals surface area contributed by atoms with Crippen molar-refractivity contribution in [1.29, 1.82) is 0 Å². The van der Waals surface area contributed by atoms with E-state index in [-0.39, 0.29) is 24.2 Å². The van der Waals surface area contributed by atoms with Crippen molar-refractivity contribution in [2.45, 2.75) is 31.8 Å². The summed E-state index contributed by atoms with van der Waals surface area (Å²) in [6.07, 6.45) is 1.64. The molecule has 0 unspecified atom stereocenters. The van der Waals surface area contributed by atoms with Crippen LogP contribution in [0.3, 0.4) is 0 Å². The van der Waals surface area contributed by atoms with Gasteiger partial charge in [-0.25, -0.2) is 8.78 Å². The van der Waals surface area contributed by atoms with Crippen molar-refractivity contribution in [3.05, 3.63) is 53.2 Å². The van der Waals surface area contributed by atoms with Crippen molar-refractivity contribution in [3.8, 4) is 16.5 Å². The lowest BCUT2D eigenvalue weighted by atomic mass is 10.1. The van der Waals surface area contributed by atoms with Gasteiger partial charge in [-0.1, -0.05) is 11.2 Å². The van der Waals surface area contributed by atoms with E-state index >= 15 is 0 Å². The summed E-state index contributed by atoms with van der Waals surface area (Å²) < 4.78 is 37.5. The third-order valence-corrected chi connectivity index (χ3v) is 5.61. The number of hydrogen-bond acceptors (Lipinski definition) is 6. The second-order valence-corrected chi connectivity index (χ2v) is 7.71. The van der Waals surface area contributed by atoms with E-state index in [1.807, 2.05) is 17.5 Å². The number of rotatable bonds is 6. The minimum absolute atomic E-state index is 0.00675. The van der Waals surface area contributed by atoms with Gasteiger partial charge in [-0.2, -0.15) is 4.98 Å². The number of aromatic nitrogens is 2. The molecule has 3 heterocycles. The molecule has 0 N–H and O–H groups in total. The number of carbonyl (C=O) groups excluding carboxylic acids is 1. The quantitative estimate of drug-likeness (QED) is 0.602. The lowest BCUT2D eigenvalue weighted by molar-refractivity contribution is -0.133. The summed E-state index contributed by atoms with van der Waals surface area (Å²) in [6, 6.07) is 7.08. The number of thiophene rings is 1. The van der Waals surface area contributed by atoms with Crippen molar-refractivity contribution >= 4 is 17.2 Å². The highest BCUT2D eigenvalue weighted by molar-refractivity contribution is 7.13. The van der Waals surface area contributed by atoms with Gasteiger partial charge < -0.3 is 14.2 Å². The Balaban J connectivity index is 1.24. The van der Waals surface area contributed by atoms with Crippen LogP contribution < -0.4 is 4.74 Å². The molecular formula is C20H19F2N3O3S. The van der Waals surface area contributed by atoms with Gasteiger partial charge in [0.15, 0.2) is 11.6 Å². The van der Waals surface area contributed by atoms with Crippen LogP contribution in [0.4, 0.5) is 8.78 Å². The number of aryl methyl sites for hydroxylation is 1. The molecule has 2 aromatic heterocycles. The molecule has 1 amide bonds. The molecule has 1 aliphatic heterocycles. The van der Waals surface area contributed by atoms with Crippen LogP contribution >= 0.6 is 11.3 Å². The molecule has 29 heavy (non-hydrogen) atoms. The van der Waals surface area contributed by atoms with Gasteiger partial charge >= 0.3 is 0 Å². The van der Waals surface area contributed by atoms with Crippen LogP contribution in [0, 0.1) is 11.6 Å². The molecule has 4 rings (SSSR count). The van der Waals surface area contributed by atoms with Crippen LogP contribution in [-0.2, 0) is 11.2 Å². The summed E-state index contributed by atoms with van der Waals surface area (Å²) in [7, 11) is 0. The van der Waals surface area contributed by atoms with Crippen molar-refractivity contribution in [3.63, 3.8) is 0 Å². The minimum Gasteiger partial charge on any atom is -0.487 e. The first-order valence-electron chi connectivity index (χ1n) is 9.34. The minimum atomic E-state index is -0.718. The Morgan fingerprint density at radius 2 is 2.10 bits per heavy atom. The number of hydrogen-bond donors (Lipinski definition) is 0. The van der Waals surface area contributed by atoms with Crippen LogP contribution in [0.25, 0.3) is 10.7 Å². The largest absolute Gasteiger partial charge is 0.487 e. The van der Waals surface area contributed by atoms with E-state index < -0.39 is 11.6 Å². The van der Waals surface area contributed by atoms with Crippen molar-refractivity contribution < 1.29 is 22.8 Å². The molecule has 1 fully saturated rings. The van der Waals surface area contributed by atoms with E-state index in [0.717, 1.165) is 10.9 Å². The normalized spacial score (nSPS) is 14.9. The Morgan fingerprint density at radius 3 is 2.83 bits per heavy atom. The monoisotopic (exact) mass is 419 g/mol. The van der Waals surface area contributed by atoms with Crippen LogP contribution in [0.5, 0.6) is 5.75 Å². The molecule has 1 aliphatic rings. The number of piperidine rings is 1. The average molecular weight is 419 g/mol. The maximum atomic E-state index is 13.7. The SMILES string of the molecule is O=C(CCc1nc(-c2cccs2)no1)N1CCC(Oc2ccc(F)cc2F)CC1. The van der Waals surface area contributed by atoms with Gasteiger partial charge in [0, 0.05) is 44.8 Å². The van der Waals surface area contributed by atoms with Crippen molar-refractivity contribution in [2.24, 2.45) is 0 Å². The number of ether oxygens (including phenoxy) is 1. The van der Waals surface area contributed by atoms with Crippen LogP contribution in [-0.4, -0.2) is 40.1 Å². The third kappa shape index (κ3) is 4.79. The predicted octanol–water partition coefficient (Wildman–Crippen LogP) is 4.08. The van der Waals surface area contributed by atoms with Gasteiger partial charge in [-0.3, -0.25) is 4.79 Å². The van der Waals surface area contributed by atoms with E-state index in [0.29, 0.717) is 44.1 Å². The zero-order valence-electron chi connectivity index (χ0n) is 15.5. The summed E-state index contributed by atoms with van der Waals surface area (Å²) >= 11 is 1.52. The summed E-state index contributed by atoms with van der Waals surface area (Å²) in [5.74, 6) is -0.342. The molecule has 0 spiro atoms. The standard InChI is InChI=1S/C20H19F2N3O3S/c21-13-3-4-16(15(22)12-13)27-14-7-9-25(10-8-14)19(26)6-5-18-23-20(24-28-18)17-2-1-11-29-17/h1-4,11-12,14H,5-10H2. The zero-order chi connectivity index (χ0) is 20.2. The second kappa shape index (κ2) is 8.69. The maximum absolute atomic E-state index is 13.7. The van der Waals surface area contributed by atoms with Crippen LogP contribution in [0.15, 0.2) is 40.2 Å². The molecule has 9 heteroatoms. The van der Waals surface area contributed by atoms with Crippen LogP contribution in [0.1, 0.15) is 25.2 Å². The van der Waals surface area contributed by atoms with E-state index in [1.165, 1.54) is 23.5 Å². The maximum Gasteiger partial charge on any atom is 0.227 e. The molecule has 0 bridgehead atoms. The zero-order valence-corrected chi connectivity index (χ0v) is 16.3. The number of nitrogens with zero attached hydrogens (tertiary/aromatic N) is 3. The second-order valence-electron chi connectivity index (χ2n) is 6.76. The Labute approximate surface area is 170 Å². The Bertz CT molecular complexity index is 969. The molecule has 0 radical (unpaired) electrons. The van der Waals surface area contributed by atoms with E-state index in [2.05, 4.69) is 10.1 Å². The fourth-order valence-corrected chi connectivity index (χ4v) is 3.86. The summed E-state index contributed by atoms with van der Waals surface area (Å²) in [6.45, 7) is 1.05. The molecule has 1 saturated heterocycles. The van der Waals surface area contributed by atoms with Gasteiger partial charge in [0.1, 0.15) is 11.9 Å². The molecule has 152 valence electrons. The molecule has 3 aromatic rings. The summed E-state index contributed by atoms with van der Waals surface area (Å²) in [4.78, 5) is 19.5. The average Bonchev–Trinajstić information content (AvgIpc) is 3.40. The van der Waals surface area contributed by atoms with E-state index in [4.69, 9.17) is 9.26 Å². The molecule has 0 saturated carbocycles. The highest BCUT2D eigenvalue weighted by atomic mass is 32.1. The topological polar surface area (TPSA) is 68.5 Å². The Kier molecular flexibility index (Phi) is 5.84. The Hall–Kier alpha value is -2.81. The number of benzene rings is 1. The highest BCUT2D eigenvalue weighted by Gasteiger charge is 2.25. The lowest BCUT2D eigenvalue weighted by Crippen LogP contribution is -2.41. The number of amides is 1. The first kappa shape index (κ1) is 19.5. The smallest absolute Gasteiger partial charge is 0.227 e. The number of halogens is 2. The molecule has 0 atom stereocenters. The Morgan fingerprint density at radius 1 is 1.28 bits per heavy atom. The molecule has 6 nitrogen and oxygen atoms in total. The van der Waals surface area contributed by atoms with Crippen molar-refractivity contribution in [1.82, 2.24) is 15.0 Å². The third-order valence-electron chi connectivity index (χ3n) is 4.74. The van der Waals surface area contributed by atoms with Gasteiger partial charge in [-0.15, -0.1) is 11.3 Å². The highest BCUT2D eigenvalue weighted by Crippen LogP contribution is 2.24. The van der Waals surface area contributed by atoms with Crippen molar-refractivity contribution in [2.75, 3.05) is 13.1 Å². The van der Waals surface area contributed by atoms with E-state index in [9.17, 15) is 13.6 Å². The molecule has 0 aliphatic carbocycles. The van der Waals surface area contributed by atoms with Gasteiger partial charge in [0.05, 0.1) is 4.88 Å². The number of likely N-dealkylation sites (tertiary alicyclic amines) is 1. The molecule has 1 aromatic carbocycles. The van der Waals surface area contributed by atoms with E-state index in [1.54, 1.807) is 4.90 Å². The lowest BCUT2D eigenvalue weighted by Gasteiger charge is -2.32. The first-order valence-corrected chi connectivity index (χ1v) is 10.2. The fourth-order valence-electron chi connectivity index (χ4n) is 3.21. The fraction of sp³-hybridized carbons (Fsp3) is 0.350. The molecular weight excluding hydrogens is 400 g/mol. The van der Waals surface area contributed by atoms with Crippen LogP contribution in [0.2, 0.25) is 0 Å².